The molecule has 0 aliphatic heterocycles. The van der Waals surface area contributed by atoms with Gasteiger partial charge in [-0.1, -0.05) is 0 Å². The van der Waals surface area contributed by atoms with E-state index < -0.39 is 0 Å². The van der Waals surface area contributed by atoms with Crippen LogP contribution in [0.4, 0.5) is 0 Å². The highest BCUT2D eigenvalue weighted by molar-refractivity contribution is 9.10. The van der Waals surface area contributed by atoms with Crippen LogP contribution in [0.15, 0.2) is 21.0 Å². The van der Waals surface area contributed by atoms with Crippen LogP contribution < -0.4 is 10.1 Å². The topological polar surface area (TPSA) is 43.6 Å². The lowest BCUT2D eigenvalue weighted by atomic mass is 10.1. The second-order valence-electron chi connectivity index (χ2n) is 3.95. The highest BCUT2D eigenvalue weighted by Crippen LogP contribution is 2.35. The number of halogens is 1. The molecule has 0 saturated carbocycles. The van der Waals surface area contributed by atoms with Gasteiger partial charge in [0.05, 0.1) is 24.7 Å². The van der Waals surface area contributed by atoms with Crippen LogP contribution in [0.25, 0.3) is 11.0 Å². The molecule has 18 heavy (non-hydrogen) atoms. The Balaban J connectivity index is 2.64. The highest BCUT2D eigenvalue weighted by Gasteiger charge is 2.16. The normalized spacial score (nSPS) is 11.1. The third kappa shape index (κ3) is 2.39. The zero-order valence-corrected chi connectivity index (χ0v) is 12.3. The molecule has 1 aromatic carbocycles. The van der Waals surface area contributed by atoms with Crippen molar-refractivity contribution in [3.8, 4) is 5.75 Å². The lowest BCUT2D eigenvalue weighted by Crippen LogP contribution is -2.06. The third-order valence-electron chi connectivity index (χ3n) is 2.77. The van der Waals surface area contributed by atoms with E-state index in [0.29, 0.717) is 13.2 Å². The number of hydrogen-bond donors (Lipinski definition) is 1. The fraction of sp³-hybridized carbons (Fsp3) is 0.385. The molecule has 1 aromatic heterocycles. The molecule has 0 saturated heterocycles. The molecular formula is C13H16BrNO3. The van der Waals surface area contributed by atoms with Crippen LogP contribution in [-0.2, 0) is 17.9 Å². The molecule has 98 valence electrons. The van der Waals surface area contributed by atoms with Crippen LogP contribution >= 0.6 is 15.9 Å². The predicted molar refractivity (Wildman–Crippen MR) is 73.9 cm³/mol. The van der Waals surface area contributed by atoms with E-state index in [0.717, 1.165) is 32.5 Å². The number of ether oxygens (including phenoxy) is 2. The first-order valence-corrected chi connectivity index (χ1v) is 6.41. The van der Waals surface area contributed by atoms with Crippen molar-refractivity contribution in [3.63, 3.8) is 0 Å². The Kier molecular flexibility index (Phi) is 4.27. The van der Waals surface area contributed by atoms with Crippen molar-refractivity contribution in [1.29, 1.82) is 0 Å². The van der Waals surface area contributed by atoms with Gasteiger partial charge >= 0.3 is 0 Å². The Morgan fingerprint density at radius 3 is 2.72 bits per heavy atom. The molecule has 2 rings (SSSR count). The minimum atomic E-state index is 0.517. The first kappa shape index (κ1) is 13.4. The van der Waals surface area contributed by atoms with Crippen molar-refractivity contribution < 1.29 is 13.9 Å². The minimum absolute atomic E-state index is 0.517. The Morgan fingerprint density at radius 2 is 2.11 bits per heavy atom. The summed E-state index contributed by atoms with van der Waals surface area (Å²) in [5.74, 6) is 1.69. The molecule has 2 aromatic rings. The summed E-state index contributed by atoms with van der Waals surface area (Å²) in [5, 5.41) is 4.12. The lowest BCUT2D eigenvalue weighted by molar-refractivity contribution is 0.183. The van der Waals surface area contributed by atoms with E-state index in [1.807, 2.05) is 19.2 Å². The Labute approximate surface area is 114 Å². The SMILES string of the molecule is CNCc1oc2c(Br)cc(OC)cc2c1COC. The van der Waals surface area contributed by atoms with Gasteiger partial charge in [-0.3, -0.25) is 0 Å². The second kappa shape index (κ2) is 5.73. The van der Waals surface area contributed by atoms with Crippen LogP contribution in [0.3, 0.4) is 0 Å². The Bertz CT molecular complexity index is 551. The summed E-state index contributed by atoms with van der Waals surface area (Å²) in [7, 11) is 5.22. The molecule has 0 fully saturated rings. The zero-order valence-electron chi connectivity index (χ0n) is 10.7. The van der Waals surface area contributed by atoms with Gasteiger partial charge in [0, 0.05) is 18.1 Å². The molecule has 0 radical (unpaired) electrons. The highest BCUT2D eigenvalue weighted by atomic mass is 79.9. The first-order valence-electron chi connectivity index (χ1n) is 5.62. The fourth-order valence-corrected chi connectivity index (χ4v) is 2.48. The summed E-state index contributed by atoms with van der Waals surface area (Å²) < 4.78 is 17.3. The van der Waals surface area contributed by atoms with E-state index in [4.69, 9.17) is 13.9 Å². The molecule has 0 aliphatic rings. The standard InChI is InChI=1S/C13H16BrNO3/c1-15-6-12-10(7-16-2)9-4-8(17-3)5-11(14)13(9)18-12/h4-5,15H,6-7H2,1-3H3. The molecule has 0 bridgehead atoms. The largest absolute Gasteiger partial charge is 0.497 e. The van der Waals surface area contributed by atoms with Crippen molar-refractivity contribution in [1.82, 2.24) is 5.32 Å². The number of benzene rings is 1. The van der Waals surface area contributed by atoms with Gasteiger partial charge in [-0.2, -0.15) is 0 Å². The quantitative estimate of drug-likeness (QED) is 0.921. The molecule has 5 heteroatoms. The Morgan fingerprint density at radius 1 is 1.33 bits per heavy atom. The van der Waals surface area contributed by atoms with Gasteiger partial charge in [0.2, 0.25) is 0 Å². The molecule has 0 aliphatic carbocycles. The van der Waals surface area contributed by atoms with Crippen LogP contribution in [0.2, 0.25) is 0 Å². The van der Waals surface area contributed by atoms with E-state index in [9.17, 15) is 0 Å². The third-order valence-corrected chi connectivity index (χ3v) is 3.35. The fourth-order valence-electron chi connectivity index (χ4n) is 1.96. The minimum Gasteiger partial charge on any atom is -0.497 e. The summed E-state index contributed by atoms with van der Waals surface area (Å²) in [4.78, 5) is 0. The van der Waals surface area contributed by atoms with Crippen LogP contribution in [-0.4, -0.2) is 21.3 Å². The van der Waals surface area contributed by atoms with Crippen molar-refractivity contribution in [2.45, 2.75) is 13.2 Å². The maximum Gasteiger partial charge on any atom is 0.149 e. The van der Waals surface area contributed by atoms with Crippen molar-refractivity contribution in [3.05, 3.63) is 27.9 Å². The number of methoxy groups -OCH3 is 2. The van der Waals surface area contributed by atoms with Crippen LogP contribution in [0.5, 0.6) is 5.75 Å². The number of hydrogen-bond acceptors (Lipinski definition) is 4. The zero-order chi connectivity index (χ0) is 13.1. The van der Waals surface area contributed by atoms with E-state index in [-0.39, 0.29) is 0 Å². The number of rotatable bonds is 5. The molecule has 0 spiro atoms. The van der Waals surface area contributed by atoms with Crippen molar-refractivity contribution in [2.24, 2.45) is 0 Å². The molecule has 1 heterocycles. The molecular weight excluding hydrogens is 298 g/mol. The maximum absolute atomic E-state index is 5.88. The van der Waals surface area contributed by atoms with Crippen LogP contribution in [0, 0.1) is 0 Å². The number of nitrogens with one attached hydrogen (secondary N) is 1. The van der Waals surface area contributed by atoms with Gasteiger partial charge in [0.1, 0.15) is 17.1 Å². The van der Waals surface area contributed by atoms with Gasteiger partial charge < -0.3 is 19.2 Å². The van der Waals surface area contributed by atoms with Gasteiger partial charge in [-0.05, 0) is 35.1 Å². The lowest BCUT2D eigenvalue weighted by Gasteiger charge is -2.03. The summed E-state index contributed by atoms with van der Waals surface area (Å²) >= 11 is 3.50. The smallest absolute Gasteiger partial charge is 0.149 e. The Hall–Kier alpha value is -1.04. The van der Waals surface area contributed by atoms with Crippen molar-refractivity contribution in [2.75, 3.05) is 21.3 Å². The number of fused-ring (bicyclic) bond motifs is 1. The predicted octanol–water partition coefficient (Wildman–Crippen LogP) is 3.07. The van der Waals surface area contributed by atoms with E-state index in [1.54, 1.807) is 14.2 Å². The molecule has 0 amide bonds. The van der Waals surface area contributed by atoms with E-state index in [2.05, 4.69) is 21.2 Å². The molecule has 0 atom stereocenters. The molecule has 0 unspecified atom stereocenters. The molecule has 4 nitrogen and oxygen atoms in total. The molecule has 1 N–H and O–H groups in total. The first-order chi connectivity index (χ1) is 8.71. The van der Waals surface area contributed by atoms with Crippen molar-refractivity contribution >= 4 is 26.9 Å². The van der Waals surface area contributed by atoms with E-state index >= 15 is 0 Å². The number of furan rings is 1. The summed E-state index contributed by atoms with van der Waals surface area (Å²) in [5.41, 5.74) is 1.88. The average Bonchev–Trinajstić information content (AvgIpc) is 2.70. The second-order valence-corrected chi connectivity index (χ2v) is 4.81. The summed E-state index contributed by atoms with van der Waals surface area (Å²) in [6.07, 6.45) is 0. The average molecular weight is 314 g/mol. The summed E-state index contributed by atoms with van der Waals surface area (Å²) in [6, 6.07) is 3.86. The maximum atomic E-state index is 5.88. The summed E-state index contributed by atoms with van der Waals surface area (Å²) in [6.45, 7) is 1.19. The van der Waals surface area contributed by atoms with Gasteiger partial charge in [-0.25, -0.2) is 0 Å². The van der Waals surface area contributed by atoms with Gasteiger partial charge in [0.25, 0.3) is 0 Å². The van der Waals surface area contributed by atoms with Gasteiger partial charge in [-0.15, -0.1) is 0 Å². The van der Waals surface area contributed by atoms with E-state index in [1.165, 1.54) is 0 Å². The monoisotopic (exact) mass is 313 g/mol. The van der Waals surface area contributed by atoms with Gasteiger partial charge in [0.15, 0.2) is 0 Å². The van der Waals surface area contributed by atoms with Crippen LogP contribution in [0.1, 0.15) is 11.3 Å².